The summed E-state index contributed by atoms with van der Waals surface area (Å²) in [7, 11) is 0. The standard InChI is InChI=1S/C49H30N4S/c1-4-14-31(15-5-1)40-30-41-38-22-12-13-23-42(38)53(44(41)43-39-29-26-32-16-10-11-21-37(32)45(39)54-46(40)43)36-27-24-35(25-28-36)49-51-47(33-17-6-2-7-18-33)50-48(52-49)34-19-8-3-9-20-34/h1-30H. The molecule has 54 heavy (non-hydrogen) atoms. The summed E-state index contributed by atoms with van der Waals surface area (Å²) in [4.78, 5) is 14.9. The Morgan fingerprint density at radius 1 is 0.389 bits per heavy atom. The first-order valence-electron chi connectivity index (χ1n) is 18.1. The molecule has 0 radical (unpaired) electrons. The lowest BCUT2D eigenvalue weighted by atomic mass is 9.98. The summed E-state index contributed by atoms with van der Waals surface area (Å²) in [5, 5.41) is 7.59. The fourth-order valence-electron chi connectivity index (χ4n) is 7.91. The van der Waals surface area contributed by atoms with Crippen molar-refractivity contribution in [3.05, 3.63) is 182 Å². The normalized spacial score (nSPS) is 11.7. The van der Waals surface area contributed by atoms with Gasteiger partial charge in [-0.15, -0.1) is 11.3 Å². The first-order chi connectivity index (χ1) is 26.8. The van der Waals surface area contributed by atoms with E-state index >= 15 is 0 Å². The van der Waals surface area contributed by atoms with Crippen LogP contribution in [0.4, 0.5) is 0 Å². The van der Waals surface area contributed by atoms with E-state index in [4.69, 9.17) is 15.0 Å². The first kappa shape index (κ1) is 30.7. The van der Waals surface area contributed by atoms with Gasteiger partial charge in [0.1, 0.15) is 0 Å². The molecular weight excluding hydrogens is 677 g/mol. The summed E-state index contributed by atoms with van der Waals surface area (Å²) < 4.78 is 5.07. The van der Waals surface area contributed by atoms with Gasteiger partial charge in [0.25, 0.3) is 0 Å². The van der Waals surface area contributed by atoms with E-state index in [1.807, 2.05) is 72.0 Å². The predicted molar refractivity (Wildman–Crippen MR) is 226 cm³/mol. The number of hydrogen-bond donors (Lipinski definition) is 0. The largest absolute Gasteiger partial charge is 0.309 e. The minimum absolute atomic E-state index is 0.641. The topological polar surface area (TPSA) is 43.6 Å². The Kier molecular flexibility index (Phi) is 7.00. The highest BCUT2D eigenvalue weighted by atomic mass is 32.1. The van der Waals surface area contributed by atoms with Crippen molar-refractivity contribution in [2.75, 3.05) is 0 Å². The second-order valence-corrected chi connectivity index (χ2v) is 14.6. The van der Waals surface area contributed by atoms with Gasteiger partial charge in [-0.05, 0) is 52.7 Å². The molecule has 0 spiro atoms. The Hall–Kier alpha value is -6.95. The zero-order chi connectivity index (χ0) is 35.6. The molecule has 0 amide bonds. The predicted octanol–water partition coefficient (Wildman–Crippen LogP) is 13.2. The van der Waals surface area contributed by atoms with Crippen LogP contribution in [-0.2, 0) is 0 Å². The average Bonchev–Trinajstić information content (AvgIpc) is 3.81. The van der Waals surface area contributed by atoms with Gasteiger partial charge in [-0.3, -0.25) is 0 Å². The summed E-state index contributed by atoms with van der Waals surface area (Å²) in [5.74, 6) is 1.95. The molecular formula is C49H30N4S. The number of benzene rings is 8. The van der Waals surface area contributed by atoms with Gasteiger partial charge in [-0.1, -0.05) is 146 Å². The smallest absolute Gasteiger partial charge is 0.164 e. The van der Waals surface area contributed by atoms with E-state index in [1.54, 1.807) is 0 Å². The van der Waals surface area contributed by atoms with Gasteiger partial charge in [-0.2, -0.15) is 0 Å². The van der Waals surface area contributed by atoms with Gasteiger partial charge in [0.15, 0.2) is 17.5 Å². The van der Waals surface area contributed by atoms with Crippen LogP contribution < -0.4 is 0 Å². The molecule has 0 saturated carbocycles. The third kappa shape index (κ3) is 4.86. The molecule has 252 valence electrons. The van der Waals surface area contributed by atoms with Crippen LogP contribution in [0.3, 0.4) is 0 Å². The van der Waals surface area contributed by atoms with E-state index in [-0.39, 0.29) is 0 Å². The minimum atomic E-state index is 0.641. The van der Waals surface area contributed by atoms with Crippen LogP contribution in [0, 0.1) is 0 Å². The Morgan fingerprint density at radius 2 is 0.926 bits per heavy atom. The molecule has 11 aromatic rings. The van der Waals surface area contributed by atoms with Crippen molar-refractivity contribution >= 4 is 64.1 Å². The van der Waals surface area contributed by atoms with E-state index in [1.165, 1.54) is 63.9 Å². The third-order valence-corrected chi connectivity index (χ3v) is 11.7. The lowest BCUT2D eigenvalue weighted by Crippen LogP contribution is -2.00. The van der Waals surface area contributed by atoms with Crippen LogP contribution in [0.5, 0.6) is 0 Å². The van der Waals surface area contributed by atoms with Crippen LogP contribution in [0.15, 0.2) is 182 Å². The zero-order valence-corrected chi connectivity index (χ0v) is 29.8. The maximum Gasteiger partial charge on any atom is 0.164 e. The molecule has 0 saturated heterocycles. The summed E-state index contributed by atoms with van der Waals surface area (Å²) in [6.07, 6.45) is 0. The highest BCUT2D eigenvalue weighted by molar-refractivity contribution is 7.27. The molecule has 0 aliphatic carbocycles. The number of fused-ring (bicyclic) bond motifs is 9. The second kappa shape index (κ2) is 12.3. The summed E-state index contributed by atoms with van der Waals surface area (Å²) in [5.41, 5.74) is 8.80. The Balaban J connectivity index is 1.16. The van der Waals surface area contributed by atoms with Crippen molar-refractivity contribution < 1.29 is 0 Å². The van der Waals surface area contributed by atoms with Crippen LogP contribution in [-0.4, -0.2) is 19.5 Å². The molecule has 0 atom stereocenters. The second-order valence-electron chi connectivity index (χ2n) is 13.6. The summed E-state index contributed by atoms with van der Waals surface area (Å²) in [6.45, 7) is 0. The van der Waals surface area contributed by atoms with Crippen molar-refractivity contribution in [2.24, 2.45) is 0 Å². The average molecular weight is 707 g/mol. The third-order valence-electron chi connectivity index (χ3n) is 10.4. The quantitative estimate of drug-likeness (QED) is 0.179. The fraction of sp³-hybridized carbons (Fsp3) is 0. The molecule has 0 fully saturated rings. The molecule has 0 aliphatic heterocycles. The summed E-state index contributed by atoms with van der Waals surface area (Å²) >= 11 is 1.90. The van der Waals surface area contributed by atoms with Crippen molar-refractivity contribution in [3.8, 4) is 51.0 Å². The lowest BCUT2D eigenvalue weighted by Gasteiger charge is -2.12. The highest BCUT2D eigenvalue weighted by Crippen LogP contribution is 2.49. The molecule has 8 aromatic carbocycles. The van der Waals surface area contributed by atoms with Crippen molar-refractivity contribution in [2.45, 2.75) is 0 Å². The maximum atomic E-state index is 5.00. The molecule has 3 heterocycles. The molecule has 4 nitrogen and oxygen atoms in total. The Labute approximate surface area is 315 Å². The van der Waals surface area contributed by atoms with Gasteiger partial charge in [0, 0.05) is 58.9 Å². The Morgan fingerprint density at radius 3 is 1.57 bits per heavy atom. The van der Waals surface area contributed by atoms with Gasteiger partial charge in [0.05, 0.1) is 11.0 Å². The fourth-order valence-corrected chi connectivity index (χ4v) is 9.29. The number of rotatable bonds is 5. The molecule has 0 unspecified atom stereocenters. The molecule has 0 N–H and O–H groups in total. The minimum Gasteiger partial charge on any atom is -0.309 e. The van der Waals surface area contributed by atoms with E-state index in [0.29, 0.717) is 17.5 Å². The van der Waals surface area contributed by atoms with E-state index in [9.17, 15) is 0 Å². The van der Waals surface area contributed by atoms with E-state index < -0.39 is 0 Å². The monoisotopic (exact) mass is 706 g/mol. The Bertz CT molecular complexity index is 3130. The number of aromatic nitrogens is 4. The number of nitrogens with zero attached hydrogens (tertiary/aromatic N) is 4. The summed E-state index contributed by atoms with van der Waals surface area (Å²) in [6, 6.07) is 64.3. The molecule has 3 aromatic heterocycles. The van der Waals surface area contributed by atoms with Crippen molar-refractivity contribution in [1.82, 2.24) is 19.5 Å². The van der Waals surface area contributed by atoms with Crippen molar-refractivity contribution in [3.63, 3.8) is 0 Å². The van der Waals surface area contributed by atoms with Crippen LogP contribution in [0.25, 0.3) is 104 Å². The van der Waals surface area contributed by atoms with Gasteiger partial charge in [0.2, 0.25) is 0 Å². The lowest BCUT2D eigenvalue weighted by molar-refractivity contribution is 1.07. The SMILES string of the molecule is c1ccc(-c2nc(-c3ccccc3)nc(-c3ccc(-n4c5ccccc5c5cc(-c6ccccc6)c6sc7c8ccccc8ccc7c6c54)cc3)n2)cc1. The van der Waals surface area contributed by atoms with Crippen molar-refractivity contribution in [1.29, 1.82) is 0 Å². The first-order valence-corrected chi connectivity index (χ1v) is 18.9. The highest BCUT2D eigenvalue weighted by Gasteiger charge is 2.22. The van der Waals surface area contributed by atoms with Crippen LogP contribution in [0.2, 0.25) is 0 Å². The van der Waals surface area contributed by atoms with E-state index in [2.05, 4.69) is 126 Å². The molecule has 0 bridgehead atoms. The van der Waals surface area contributed by atoms with Gasteiger partial charge >= 0.3 is 0 Å². The van der Waals surface area contributed by atoms with E-state index in [0.717, 1.165) is 22.4 Å². The number of thiophene rings is 1. The number of hydrogen-bond acceptors (Lipinski definition) is 4. The van der Waals surface area contributed by atoms with Crippen LogP contribution in [0.1, 0.15) is 0 Å². The zero-order valence-electron chi connectivity index (χ0n) is 29.0. The number of para-hydroxylation sites is 1. The molecule has 11 rings (SSSR count). The molecule has 5 heteroatoms. The molecule has 0 aliphatic rings. The van der Waals surface area contributed by atoms with Gasteiger partial charge < -0.3 is 4.57 Å². The maximum absolute atomic E-state index is 5.00. The van der Waals surface area contributed by atoms with Crippen LogP contribution >= 0.6 is 11.3 Å². The van der Waals surface area contributed by atoms with Gasteiger partial charge in [-0.25, -0.2) is 15.0 Å².